The van der Waals surface area contributed by atoms with Gasteiger partial charge in [-0.05, 0) is 31.9 Å². The van der Waals surface area contributed by atoms with Gasteiger partial charge in [0, 0.05) is 13.2 Å². The van der Waals surface area contributed by atoms with Gasteiger partial charge in [-0.1, -0.05) is 23.1 Å². The maximum atomic E-state index is 13.7. The maximum absolute atomic E-state index is 13.7. The Hall–Kier alpha value is -1.85. The molecule has 3 rings (SSSR count). The first-order valence-corrected chi connectivity index (χ1v) is 9.93. The highest BCUT2D eigenvalue weighted by molar-refractivity contribution is 8.02. The van der Waals surface area contributed by atoms with Crippen molar-refractivity contribution in [2.45, 2.75) is 35.5 Å². The van der Waals surface area contributed by atoms with Gasteiger partial charge in [-0.15, -0.1) is 10.2 Å². The smallest absolute Gasteiger partial charge is 0.237 e. The molecule has 1 aromatic carbocycles. The molecule has 2 N–H and O–H groups in total. The minimum Gasteiger partial charge on any atom is -0.376 e. The van der Waals surface area contributed by atoms with Crippen LogP contribution < -0.4 is 10.6 Å². The third-order valence-electron chi connectivity index (χ3n) is 3.85. The Kier molecular flexibility index (Phi) is 6.55. The van der Waals surface area contributed by atoms with E-state index in [0.29, 0.717) is 16.0 Å². The minimum atomic E-state index is -1.63. The first kappa shape index (κ1) is 19.9. The van der Waals surface area contributed by atoms with Crippen molar-refractivity contribution in [2.75, 3.05) is 23.8 Å². The van der Waals surface area contributed by atoms with Crippen LogP contribution in [0.15, 0.2) is 16.5 Å². The first-order valence-electron chi connectivity index (χ1n) is 8.24. The zero-order valence-corrected chi connectivity index (χ0v) is 15.9. The Balaban J connectivity index is 1.53. The summed E-state index contributed by atoms with van der Waals surface area (Å²) < 4.78 is 45.9. The lowest BCUT2D eigenvalue weighted by atomic mass is 10.2. The van der Waals surface area contributed by atoms with E-state index in [1.807, 2.05) is 0 Å². The molecule has 0 unspecified atom stereocenters. The molecule has 2 atom stereocenters. The molecule has 1 saturated heterocycles. The van der Waals surface area contributed by atoms with E-state index >= 15 is 0 Å². The Bertz CT molecular complexity index is 815. The average molecular weight is 418 g/mol. The summed E-state index contributed by atoms with van der Waals surface area (Å²) in [5.41, 5.74) is -0.414. The minimum absolute atomic E-state index is 0.167. The molecule has 0 bridgehead atoms. The second-order valence-corrected chi connectivity index (χ2v) is 8.43. The van der Waals surface area contributed by atoms with Gasteiger partial charge >= 0.3 is 0 Å². The molecule has 6 nitrogen and oxygen atoms in total. The third-order valence-corrected chi connectivity index (χ3v) is 5.92. The highest BCUT2D eigenvalue weighted by Gasteiger charge is 2.21. The molecule has 1 aliphatic heterocycles. The average Bonchev–Trinajstić information content (AvgIpc) is 3.32. The number of thioether (sulfide) groups is 1. The van der Waals surface area contributed by atoms with E-state index in [2.05, 4.69) is 20.8 Å². The molecule has 1 amide bonds. The summed E-state index contributed by atoms with van der Waals surface area (Å²) in [5, 5.41) is 13.4. The number of anilines is 2. The number of amides is 1. The molecule has 1 aromatic heterocycles. The van der Waals surface area contributed by atoms with E-state index in [9.17, 15) is 18.0 Å². The fourth-order valence-corrected chi connectivity index (χ4v) is 4.30. The Labute approximate surface area is 161 Å². The SMILES string of the molecule is C[C@H](Sc1nnc(NC[C@H]2CCCO2)s1)C(=O)Nc1ccc(F)c(F)c1F. The Morgan fingerprint density at radius 2 is 2.19 bits per heavy atom. The van der Waals surface area contributed by atoms with Crippen LogP contribution in [-0.4, -0.2) is 40.6 Å². The van der Waals surface area contributed by atoms with Gasteiger partial charge in [-0.25, -0.2) is 13.2 Å². The van der Waals surface area contributed by atoms with Crippen molar-refractivity contribution in [3.05, 3.63) is 29.6 Å². The number of aromatic nitrogens is 2. The number of hydrogen-bond donors (Lipinski definition) is 2. The van der Waals surface area contributed by atoms with Gasteiger partial charge in [0.05, 0.1) is 17.0 Å². The van der Waals surface area contributed by atoms with Crippen molar-refractivity contribution in [3.63, 3.8) is 0 Å². The summed E-state index contributed by atoms with van der Waals surface area (Å²) in [6.07, 6.45) is 2.22. The van der Waals surface area contributed by atoms with Crippen molar-refractivity contribution >= 4 is 39.8 Å². The standard InChI is InChI=1S/C16H17F3N4O2S2/c1-8(14(24)21-11-5-4-10(17)12(18)13(11)19)26-16-23-22-15(27-16)20-7-9-3-2-6-25-9/h4-5,8-9H,2-3,6-7H2,1H3,(H,20,22)(H,21,24)/t8-,9+/m0/s1. The zero-order valence-electron chi connectivity index (χ0n) is 14.3. The molecule has 2 heterocycles. The lowest BCUT2D eigenvalue weighted by Crippen LogP contribution is -2.23. The number of benzene rings is 1. The van der Waals surface area contributed by atoms with E-state index in [4.69, 9.17) is 4.74 Å². The molecule has 0 spiro atoms. The highest BCUT2D eigenvalue weighted by atomic mass is 32.2. The van der Waals surface area contributed by atoms with E-state index in [1.165, 1.54) is 11.3 Å². The summed E-state index contributed by atoms with van der Waals surface area (Å²) in [7, 11) is 0. The maximum Gasteiger partial charge on any atom is 0.237 e. The lowest BCUT2D eigenvalue weighted by Gasteiger charge is -2.11. The lowest BCUT2D eigenvalue weighted by molar-refractivity contribution is -0.115. The second-order valence-electron chi connectivity index (χ2n) is 5.86. The van der Waals surface area contributed by atoms with Crippen molar-refractivity contribution in [2.24, 2.45) is 0 Å². The van der Waals surface area contributed by atoms with Crippen LogP contribution in [0.1, 0.15) is 19.8 Å². The van der Waals surface area contributed by atoms with Gasteiger partial charge in [-0.2, -0.15) is 0 Å². The third kappa shape index (κ3) is 5.11. The van der Waals surface area contributed by atoms with Crippen molar-refractivity contribution in [1.29, 1.82) is 0 Å². The predicted molar refractivity (Wildman–Crippen MR) is 97.6 cm³/mol. The predicted octanol–water partition coefficient (Wildman–Crippen LogP) is 3.67. The normalized spacial score (nSPS) is 17.7. The highest BCUT2D eigenvalue weighted by Crippen LogP contribution is 2.30. The number of hydrogen-bond acceptors (Lipinski definition) is 7. The quantitative estimate of drug-likeness (QED) is 0.528. The van der Waals surface area contributed by atoms with E-state index in [0.717, 1.165) is 43.3 Å². The molecule has 1 fully saturated rings. The van der Waals surface area contributed by atoms with Crippen LogP contribution in [0.3, 0.4) is 0 Å². The summed E-state index contributed by atoms with van der Waals surface area (Å²) >= 11 is 2.42. The summed E-state index contributed by atoms with van der Waals surface area (Å²) in [6, 6.07) is 1.73. The topological polar surface area (TPSA) is 76.1 Å². The summed E-state index contributed by atoms with van der Waals surface area (Å²) in [5.74, 6) is -4.94. The van der Waals surface area contributed by atoms with Gasteiger partial charge in [0.1, 0.15) is 0 Å². The van der Waals surface area contributed by atoms with Gasteiger partial charge in [0.25, 0.3) is 0 Å². The van der Waals surface area contributed by atoms with Gasteiger partial charge in [-0.3, -0.25) is 4.79 Å². The summed E-state index contributed by atoms with van der Waals surface area (Å²) in [6.45, 7) is 3.01. The van der Waals surface area contributed by atoms with Gasteiger partial charge < -0.3 is 15.4 Å². The fraction of sp³-hybridized carbons (Fsp3) is 0.438. The van der Waals surface area contributed by atoms with E-state index in [-0.39, 0.29) is 6.10 Å². The molecule has 2 aromatic rings. The van der Waals surface area contributed by atoms with E-state index < -0.39 is 34.3 Å². The molecule has 0 radical (unpaired) electrons. The number of rotatable bonds is 7. The number of carbonyl (C=O) groups is 1. The molecule has 11 heteroatoms. The van der Waals surface area contributed by atoms with Crippen LogP contribution in [0, 0.1) is 17.5 Å². The van der Waals surface area contributed by atoms with Crippen molar-refractivity contribution in [3.8, 4) is 0 Å². The Morgan fingerprint density at radius 3 is 2.93 bits per heavy atom. The number of halogens is 3. The molecule has 1 aliphatic rings. The van der Waals surface area contributed by atoms with Gasteiger partial charge in [0.15, 0.2) is 21.8 Å². The van der Waals surface area contributed by atoms with E-state index in [1.54, 1.807) is 6.92 Å². The Morgan fingerprint density at radius 1 is 1.37 bits per heavy atom. The molecule has 146 valence electrons. The van der Waals surface area contributed by atoms with Crippen LogP contribution in [0.25, 0.3) is 0 Å². The zero-order chi connectivity index (χ0) is 19.4. The monoisotopic (exact) mass is 418 g/mol. The molecule has 0 saturated carbocycles. The van der Waals surface area contributed by atoms with Crippen LogP contribution in [0.5, 0.6) is 0 Å². The fourth-order valence-electron chi connectivity index (χ4n) is 2.40. The number of nitrogens with zero attached hydrogens (tertiary/aromatic N) is 2. The molecular formula is C16H17F3N4O2S2. The summed E-state index contributed by atoms with van der Waals surface area (Å²) in [4.78, 5) is 12.2. The van der Waals surface area contributed by atoms with Crippen LogP contribution >= 0.6 is 23.1 Å². The molecular weight excluding hydrogens is 401 g/mol. The molecule has 0 aliphatic carbocycles. The number of nitrogens with one attached hydrogen (secondary N) is 2. The van der Waals surface area contributed by atoms with Crippen molar-refractivity contribution < 1.29 is 22.7 Å². The number of carbonyl (C=O) groups excluding carboxylic acids is 1. The first-order chi connectivity index (χ1) is 12.9. The van der Waals surface area contributed by atoms with Crippen LogP contribution in [0.2, 0.25) is 0 Å². The van der Waals surface area contributed by atoms with Gasteiger partial charge in [0.2, 0.25) is 11.0 Å². The second kappa shape index (κ2) is 8.89. The largest absolute Gasteiger partial charge is 0.376 e. The van der Waals surface area contributed by atoms with Crippen molar-refractivity contribution in [1.82, 2.24) is 10.2 Å². The van der Waals surface area contributed by atoms with Crippen LogP contribution in [0.4, 0.5) is 24.0 Å². The molecule has 27 heavy (non-hydrogen) atoms. The number of ether oxygens (including phenoxy) is 1. The van der Waals surface area contributed by atoms with Crippen LogP contribution in [-0.2, 0) is 9.53 Å².